The molecule has 4 N–H and O–H groups in total. The Bertz CT molecular complexity index is 1170. The van der Waals surface area contributed by atoms with Crippen molar-refractivity contribution in [2.75, 3.05) is 7.05 Å². The first-order valence-electron chi connectivity index (χ1n) is 11.5. The molecule has 0 atom stereocenters. The van der Waals surface area contributed by atoms with Crippen LogP contribution in [0.25, 0.3) is 6.08 Å². The van der Waals surface area contributed by atoms with Gasteiger partial charge in [-0.25, -0.2) is 0 Å². The van der Waals surface area contributed by atoms with Crippen LogP contribution in [0.3, 0.4) is 0 Å². The van der Waals surface area contributed by atoms with E-state index in [1.165, 1.54) is 17.7 Å². The van der Waals surface area contributed by atoms with Crippen LogP contribution in [0.1, 0.15) is 70.0 Å². The summed E-state index contributed by atoms with van der Waals surface area (Å²) in [7, 11) is 1.47. The van der Waals surface area contributed by atoms with Crippen molar-refractivity contribution in [1.82, 2.24) is 15.2 Å². The fourth-order valence-electron chi connectivity index (χ4n) is 5.38. The van der Waals surface area contributed by atoms with Gasteiger partial charge in [0.05, 0.1) is 12.1 Å². The minimum Gasteiger partial charge on any atom is -0.355 e. The van der Waals surface area contributed by atoms with E-state index in [-0.39, 0.29) is 30.1 Å². The maximum absolute atomic E-state index is 13.1. The molecular weight excluding hydrogens is 416 g/mol. The molecule has 1 heterocycles. The van der Waals surface area contributed by atoms with Crippen molar-refractivity contribution >= 4 is 17.9 Å². The highest BCUT2D eigenvalue weighted by molar-refractivity contribution is 5.99. The largest absolute Gasteiger partial charge is 0.355 e. The van der Waals surface area contributed by atoms with Crippen molar-refractivity contribution in [1.29, 1.82) is 0 Å². The number of nitrogens with zero attached hydrogens (tertiary/aromatic N) is 1. The number of hydrogen-bond donors (Lipinski definition) is 3. The number of nitrogens with one attached hydrogen (secondary N) is 2. The molecule has 1 aromatic carbocycles. The quantitative estimate of drug-likeness (QED) is 0.631. The third-order valence-corrected chi connectivity index (χ3v) is 6.99. The van der Waals surface area contributed by atoms with E-state index in [2.05, 4.69) is 10.6 Å². The molecule has 2 fully saturated rings. The van der Waals surface area contributed by atoms with Gasteiger partial charge in [-0.05, 0) is 67.7 Å². The first-order chi connectivity index (χ1) is 15.7. The first-order valence-corrected chi connectivity index (χ1v) is 11.5. The fourth-order valence-corrected chi connectivity index (χ4v) is 5.38. The first kappa shape index (κ1) is 23.0. The zero-order valence-electron chi connectivity index (χ0n) is 19.5. The summed E-state index contributed by atoms with van der Waals surface area (Å²) < 4.78 is 1.45. The van der Waals surface area contributed by atoms with Gasteiger partial charge < -0.3 is 20.9 Å². The van der Waals surface area contributed by atoms with Gasteiger partial charge in [0.15, 0.2) is 0 Å². The van der Waals surface area contributed by atoms with E-state index in [9.17, 15) is 14.4 Å². The molecule has 0 unspecified atom stereocenters. The van der Waals surface area contributed by atoms with E-state index in [0.717, 1.165) is 42.4 Å². The molecule has 2 aromatic rings. The Morgan fingerprint density at radius 3 is 2.58 bits per heavy atom. The summed E-state index contributed by atoms with van der Waals surface area (Å²) in [4.78, 5) is 38.5. The van der Waals surface area contributed by atoms with Crippen LogP contribution in [-0.4, -0.2) is 35.5 Å². The van der Waals surface area contributed by atoms with Crippen LogP contribution in [-0.2, 0) is 6.54 Å². The Balaban J connectivity index is 1.62. The Morgan fingerprint density at radius 2 is 1.94 bits per heavy atom. The van der Waals surface area contributed by atoms with Crippen LogP contribution in [0.15, 0.2) is 41.3 Å². The number of rotatable bonds is 6. The number of nitrogens with two attached hydrogens (primary N) is 1. The number of hydrogen-bond acceptors (Lipinski definition) is 4. The molecule has 174 valence electrons. The SMILES string of the molecule is C/C=C\c1c(C)cccc1Cn1cc(C(=O)NC2CC3(CC(N)C3)C2)cc(C(=O)NC)c1=O. The molecule has 2 amide bonds. The number of amides is 2. The van der Waals surface area contributed by atoms with Crippen molar-refractivity contribution in [3.05, 3.63) is 74.7 Å². The predicted octanol–water partition coefficient (Wildman–Crippen LogP) is 2.60. The van der Waals surface area contributed by atoms with Gasteiger partial charge in [-0.1, -0.05) is 30.4 Å². The smallest absolute Gasteiger partial charge is 0.263 e. The van der Waals surface area contributed by atoms with Gasteiger partial charge >= 0.3 is 0 Å². The number of aryl methyl sites for hydroxylation is 1. The Kier molecular flexibility index (Phi) is 6.26. The second-order valence-electron chi connectivity index (χ2n) is 9.55. The molecule has 2 saturated carbocycles. The number of benzene rings is 1. The van der Waals surface area contributed by atoms with Crippen LogP contribution in [0.2, 0.25) is 0 Å². The number of pyridine rings is 1. The zero-order chi connectivity index (χ0) is 23.8. The average Bonchev–Trinajstić information content (AvgIpc) is 2.74. The second kappa shape index (κ2) is 8.98. The van der Waals surface area contributed by atoms with E-state index in [4.69, 9.17) is 5.73 Å². The summed E-state index contributed by atoms with van der Waals surface area (Å²) in [6, 6.07) is 7.70. The predicted molar refractivity (Wildman–Crippen MR) is 129 cm³/mol. The van der Waals surface area contributed by atoms with Gasteiger partial charge in [0, 0.05) is 25.3 Å². The summed E-state index contributed by atoms with van der Waals surface area (Å²) in [6.45, 7) is 4.22. The summed E-state index contributed by atoms with van der Waals surface area (Å²) in [5, 5.41) is 5.57. The number of carbonyl (C=O) groups is 2. The molecule has 33 heavy (non-hydrogen) atoms. The van der Waals surface area contributed by atoms with Gasteiger partial charge in [-0.3, -0.25) is 14.4 Å². The van der Waals surface area contributed by atoms with Gasteiger partial charge in [-0.2, -0.15) is 0 Å². The summed E-state index contributed by atoms with van der Waals surface area (Å²) in [5.74, 6) is -0.775. The van der Waals surface area contributed by atoms with Crippen molar-refractivity contribution in [3.63, 3.8) is 0 Å². The number of aromatic nitrogens is 1. The number of allylic oxidation sites excluding steroid dienone is 1. The average molecular weight is 449 g/mol. The van der Waals surface area contributed by atoms with Crippen LogP contribution in [0, 0.1) is 12.3 Å². The lowest BCUT2D eigenvalue weighted by Gasteiger charge is -2.57. The summed E-state index contributed by atoms with van der Waals surface area (Å²) in [6.07, 6.45) is 9.43. The third kappa shape index (κ3) is 4.50. The minimum absolute atomic E-state index is 0.0413. The van der Waals surface area contributed by atoms with Crippen molar-refractivity contribution in [2.24, 2.45) is 11.1 Å². The molecule has 0 aliphatic heterocycles. The lowest BCUT2D eigenvalue weighted by atomic mass is 9.52. The number of carbonyl (C=O) groups excluding carboxylic acids is 2. The molecule has 2 aliphatic rings. The molecule has 7 heteroatoms. The molecule has 0 radical (unpaired) electrons. The van der Waals surface area contributed by atoms with Crippen LogP contribution in [0.4, 0.5) is 0 Å². The van der Waals surface area contributed by atoms with Crippen molar-refractivity contribution in [3.8, 4) is 0 Å². The van der Waals surface area contributed by atoms with Crippen molar-refractivity contribution in [2.45, 2.75) is 58.2 Å². The monoisotopic (exact) mass is 448 g/mol. The Hall–Kier alpha value is -3.19. The normalized spacial score (nSPS) is 23.8. The molecular formula is C26H32N4O3. The third-order valence-electron chi connectivity index (χ3n) is 6.99. The van der Waals surface area contributed by atoms with Crippen molar-refractivity contribution < 1.29 is 9.59 Å². The zero-order valence-corrected chi connectivity index (χ0v) is 19.5. The van der Waals surface area contributed by atoms with Gasteiger partial charge in [-0.15, -0.1) is 0 Å². The highest BCUT2D eigenvalue weighted by atomic mass is 16.2. The maximum atomic E-state index is 13.1. The molecule has 0 bridgehead atoms. The lowest BCUT2D eigenvalue weighted by Crippen LogP contribution is -2.59. The van der Waals surface area contributed by atoms with Crippen LogP contribution in [0.5, 0.6) is 0 Å². The highest BCUT2D eigenvalue weighted by Crippen LogP contribution is 2.55. The van der Waals surface area contributed by atoms with E-state index < -0.39 is 11.5 Å². The molecule has 7 nitrogen and oxygen atoms in total. The Morgan fingerprint density at radius 1 is 1.21 bits per heavy atom. The van der Waals surface area contributed by atoms with Crippen LogP contribution >= 0.6 is 0 Å². The van der Waals surface area contributed by atoms with Crippen LogP contribution < -0.4 is 21.9 Å². The van der Waals surface area contributed by atoms with E-state index in [1.54, 1.807) is 6.20 Å². The highest BCUT2D eigenvalue weighted by Gasteiger charge is 2.52. The molecule has 1 aromatic heterocycles. The topological polar surface area (TPSA) is 106 Å². The summed E-state index contributed by atoms with van der Waals surface area (Å²) in [5.41, 5.74) is 9.14. The summed E-state index contributed by atoms with van der Waals surface area (Å²) >= 11 is 0. The molecule has 0 saturated heterocycles. The lowest BCUT2D eigenvalue weighted by molar-refractivity contribution is -0.0159. The molecule has 2 aliphatic carbocycles. The van der Waals surface area contributed by atoms with Gasteiger partial charge in [0.25, 0.3) is 17.4 Å². The van der Waals surface area contributed by atoms with E-state index in [0.29, 0.717) is 11.0 Å². The molecule has 4 rings (SSSR count). The Labute approximate surface area is 194 Å². The minimum atomic E-state index is -0.507. The fraction of sp³-hybridized carbons (Fsp3) is 0.423. The second-order valence-corrected chi connectivity index (χ2v) is 9.55. The van der Waals surface area contributed by atoms with Gasteiger partial charge in [0.1, 0.15) is 5.56 Å². The van der Waals surface area contributed by atoms with E-state index >= 15 is 0 Å². The maximum Gasteiger partial charge on any atom is 0.263 e. The van der Waals surface area contributed by atoms with Gasteiger partial charge in [0.2, 0.25) is 0 Å². The molecule has 1 spiro atoms. The van der Waals surface area contributed by atoms with E-state index in [1.807, 2.05) is 44.2 Å². The standard InChI is InChI=1S/C26H32N4O3/c1-4-6-21-16(2)7-5-8-17(21)14-30-15-18(9-22(25(30)33)24(32)28-3)23(31)29-20-12-26(13-20)10-19(27)11-26/h4-9,15,19-20H,10-14,27H2,1-3H3,(H,28,32)(H,29,31)/b6-4-.